The van der Waals surface area contributed by atoms with E-state index in [1.54, 1.807) is 28.9 Å². The summed E-state index contributed by atoms with van der Waals surface area (Å²) in [6.07, 6.45) is 1.49. The van der Waals surface area contributed by atoms with Crippen molar-refractivity contribution >= 4 is 11.9 Å². The molecule has 8 heteroatoms. The molecule has 0 radical (unpaired) electrons. The number of nitrogens with zero attached hydrogens (tertiary/aromatic N) is 3. The number of benzene rings is 2. The number of hydrogen-bond acceptors (Lipinski definition) is 5. The van der Waals surface area contributed by atoms with Crippen LogP contribution in [0.25, 0.3) is 0 Å². The molecule has 7 nitrogen and oxygen atoms in total. The average Bonchev–Trinajstić information content (AvgIpc) is 3.40. The molecule has 0 atom stereocenters. The van der Waals surface area contributed by atoms with Crippen molar-refractivity contribution in [2.75, 3.05) is 5.32 Å². The van der Waals surface area contributed by atoms with E-state index in [1.807, 2.05) is 32.0 Å². The van der Waals surface area contributed by atoms with Crippen molar-refractivity contribution in [3.8, 4) is 5.75 Å². The van der Waals surface area contributed by atoms with E-state index in [2.05, 4.69) is 15.4 Å². The maximum atomic E-state index is 13.0. The van der Waals surface area contributed by atoms with Gasteiger partial charge in [0.1, 0.15) is 30.3 Å². The van der Waals surface area contributed by atoms with Crippen LogP contribution in [-0.2, 0) is 13.2 Å². The predicted octanol–water partition coefficient (Wildman–Crippen LogP) is 4.51. The Kier molecular flexibility index (Phi) is 5.79. The van der Waals surface area contributed by atoms with Gasteiger partial charge in [0.15, 0.2) is 5.76 Å². The smallest absolute Gasteiger partial charge is 0.293 e. The van der Waals surface area contributed by atoms with Gasteiger partial charge in [-0.1, -0.05) is 18.2 Å². The SMILES string of the molecule is Cc1ccc(OCc2ccc(C(=O)Nc3ncn(Cc4ccc(F)cc4)n3)o2)cc1C. The highest BCUT2D eigenvalue weighted by Crippen LogP contribution is 2.19. The Labute approximate surface area is 178 Å². The highest BCUT2D eigenvalue weighted by atomic mass is 19.1. The molecule has 2 aromatic carbocycles. The van der Waals surface area contributed by atoms with Crippen LogP contribution in [0.1, 0.15) is 33.0 Å². The monoisotopic (exact) mass is 420 g/mol. The van der Waals surface area contributed by atoms with Crippen molar-refractivity contribution in [1.29, 1.82) is 0 Å². The standard InChI is InChI=1S/C23H21FN4O3/c1-15-3-8-19(11-16(15)2)30-13-20-9-10-21(31-20)22(29)26-23-25-14-28(27-23)12-17-4-6-18(24)7-5-17/h3-11,14H,12-13H2,1-2H3,(H,26,27,29). The Morgan fingerprint density at radius 3 is 2.68 bits per heavy atom. The van der Waals surface area contributed by atoms with Crippen LogP contribution in [-0.4, -0.2) is 20.7 Å². The topological polar surface area (TPSA) is 82.2 Å². The van der Waals surface area contributed by atoms with Crippen LogP contribution in [0.3, 0.4) is 0 Å². The molecule has 158 valence electrons. The second-order valence-corrected chi connectivity index (χ2v) is 7.15. The predicted molar refractivity (Wildman–Crippen MR) is 112 cm³/mol. The highest BCUT2D eigenvalue weighted by molar-refractivity contribution is 6.01. The number of anilines is 1. The molecular formula is C23H21FN4O3. The number of nitrogens with one attached hydrogen (secondary N) is 1. The molecule has 31 heavy (non-hydrogen) atoms. The number of amides is 1. The molecule has 0 bridgehead atoms. The van der Waals surface area contributed by atoms with E-state index in [0.717, 1.165) is 16.9 Å². The van der Waals surface area contributed by atoms with Gasteiger partial charge in [-0.2, -0.15) is 0 Å². The molecule has 2 heterocycles. The zero-order chi connectivity index (χ0) is 21.8. The third kappa shape index (κ3) is 5.16. The molecule has 4 rings (SSSR count). The summed E-state index contributed by atoms with van der Waals surface area (Å²) in [5.41, 5.74) is 3.20. The van der Waals surface area contributed by atoms with Crippen molar-refractivity contribution in [2.24, 2.45) is 0 Å². The minimum absolute atomic E-state index is 0.133. The molecule has 0 saturated carbocycles. The summed E-state index contributed by atoms with van der Waals surface area (Å²) in [6.45, 7) is 4.67. The zero-order valence-electron chi connectivity index (χ0n) is 17.1. The number of aryl methyl sites for hydroxylation is 2. The Hall–Kier alpha value is -3.94. The molecule has 1 N–H and O–H groups in total. The summed E-state index contributed by atoms with van der Waals surface area (Å²) in [4.78, 5) is 16.5. The van der Waals surface area contributed by atoms with E-state index < -0.39 is 5.91 Å². The van der Waals surface area contributed by atoms with Gasteiger partial charge in [-0.3, -0.25) is 10.1 Å². The number of furan rings is 1. The summed E-state index contributed by atoms with van der Waals surface area (Å²) in [6, 6.07) is 15.2. The summed E-state index contributed by atoms with van der Waals surface area (Å²) < 4.78 is 25.9. The third-order valence-corrected chi connectivity index (χ3v) is 4.76. The fraction of sp³-hybridized carbons (Fsp3) is 0.174. The Morgan fingerprint density at radius 1 is 1.10 bits per heavy atom. The van der Waals surface area contributed by atoms with E-state index in [-0.39, 0.29) is 24.1 Å². The highest BCUT2D eigenvalue weighted by Gasteiger charge is 2.14. The molecular weight excluding hydrogens is 399 g/mol. The van der Waals surface area contributed by atoms with Crippen LogP contribution >= 0.6 is 0 Å². The second kappa shape index (κ2) is 8.83. The maximum absolute atomic E-state index is 13.0. The first kappa shape index (κ1) is 20.3. The molecule has 1 amide bonds. The van der Waals surface area contributed by atoms with Crippen molar-refractivity contribution in [2.45, 2.75) is 27.0 Å². The lowest BCUT2D eigenvalue weighted by Crippen LogP contribution is -2.12. The summed E-state index contributed by atoms with van der Waals surface area (Å²) in [7, 11) is 0. The fourth-order valence-corrected chi connectivity index (χ4v) is 2.90. The summed E-state index contributed by atoms with van der Waals surface area (Å²) >= 11 is 0. The minimum Gasteiger partial charge on any atom is -0.486 e. The van der Waals surface area contributed by atoms with Gasteiger partial charge in [0.25, 0.3) is 5.91 Å². The van der Waals surface area contributed by atoms with Crippen LogP contribution in [0.15, 0.2) is 65.3 Å². The lowest BCUT2D eigenvalue weighted by atomic mass is 10.1. The van der Waals surface area contributed by atoms with Crippen LogP contribution in [0.4, 0.5) is 10.3 Å². The van der Waals surface area contributed by atoms with E-state index in [0.29, 0.717) is 12.3 Å². The lowest BCUT2D eigenvalue weighted by Gasteiger charge is -2.06. The third-order valence-electron chi connectivity index (χ3n) is 4.76. The number of halogens is 1. The van der Waals surface area contributed by atoms with Gasteiger partial charge in [-0.25, -0.2) is 14.1 Å². The Bertz CT molecular complexity index is 1200. The largest absolute Gasteiger partial charge is 0.486 e. The van der Waals surface area contributed by atoms with Crippen molar-refractivity contribution in [3.05, 3.63) is 95.0 Å². The average molecular weight is 420 g/mol. The van der Waals surface area contributed by atoms with Crippen LogP contribution < -0.4 is 10.1 Å². The second-order valence-electron chi connectivity index (χ2n) is 7.15. The number of carbonyl (C=O) groups excluding carboxylic acids is 1. The van der Waals surface area contributed by atoms with Crippen LogP contribution in [0, 0.1) is 19.7 Å². The van der Waals surface area contributed by atoms with Gasteiger partial charge in [-0.05, 0) is 66.9 Å². The molecule has 0 fully saturated rings. The molecule has 2 aromatic heterocycles. The van der Waals surface area contributed by atoms with Gasteiger partial charge in [0.2, 0.25) is 5.95 Å². The first-order valence-electron chi connectivity index (χ1n) is 9.70. The maximum Gasteiger partial charge on any atom is 0.293 e. The normalized spacial score (nSPS) is 10.8. The molecule has 0 spiro atoms. The molecule has 4 aromatic rings. The van der Waals surface area contributed by atoms with Crippen molar-refractivity contribution < 1.29 is 18.3 Å². The number of aromatic nitrogens is 3. The van der Waals surface area contributed by atoms with Gasteiger partial charge in [0.05, 0.1) is 6.54 Å². The van der Waals surface area contributed by atoms with E-state index in [1.165, 1.54) is 24.0 Å². The number of rotatable bonds is 7. The van der Waals surface area contributed by atoms with E-state index >= 15 is 0 Å². The quantitative estimate of drug-likeness (QED) is 0.476. The number of hydrogen-bond donors (Lipinski definition) is 1. The molecule has 0 aliphatic carbocycles. The fourth-order valence-electron chi connectivity index (χ4n) is 2.90. The van der Waals surface area contributed by atoms with Crippen molar-refractivity contribution in [1.82, 2.24) is 14.8 Å². The number of carbonyl (C=O) groups is 1. The minimum atomic E-state index is -0.461. The van der Waals surface area contributed by atoms with Crippen molar-refractivity contribution in [3.63, 3.8) is 0 Å². The van der Waals surface area contributed by atoms with Crippen LogP contribution in [0.2, 0.25) is 0 Å². The molecule has 0 aliphatic rings. The zero-order valence-corrected chi connectivity index (χ0v) is 17.1. The summed E-state index contributed by atoms with van der Waals surface area (Å²) in [5.74, 6) is 0.786. The van der Waals surface area contributed by atoms with E-state index in [9.17, 15) is 9.18 Å². The summed E-state index contributed by atoms with van der Waals surface area (Å²) in [5, 5.41) is 6.80. The molecule has 0 unspecified atom stereocenters. The molecule has 0 aliphatic heterocycles. The Balaban J connectivity index is 1.33. The van der Waals surface area contributed by atoms with Gasteiger partial charge < -0.3 is 9.15 Å². The molecule has 0 saturated heterocycles. The number of ether oxygens (including phenoxy) is 1. The van der Waals surface area contributed by atoms with Gasteiger partial charge in [-0.15, -0.1) is 5.10 Å². The lowest BCUT2D eigenvalue weighted by molar-refractivity contribution is 0.0991. The van der Waals surface area contributed by atoms with Gasteiger partial charge >= 0.3 is 0 Å². The van der Waals surface area contributed by atoms with E-state index in [4.69, 9.17) is 9.15 Å². The first-order chi connectivity index (χ1) is 15.0. The van der Waals surface area contributed by atoms with Gasteiger partial charge in [0, 0.05) is 0 Å². The Morgan fingerprint density at radius 2 is 1.90 bits per heavy atom. The van der Waals surface area contributed by atoms with Crippen LogP contribution in [0.5, 0.6) is 5.75 Å². The first-order valence-corrected chi connectivity index (χ1v) is 9.70.